The SMILES string of the molecule is C=N/C(N)=C(\C=C(/C)c1ccc([C@]23C[C@H]2CN(CC(C)(F)F)C3)cc1)C(=O)NC1CCC(O)CC1. The number of fused-ring (bicyclic) bond motifs is 1. The molecule has 6 nitrogen and oxygen atoms in total. The second-order valence-electron chi connectivity index (χ2n) is 10.6. The zero-order valence-corrected chi connectivity index (χ0v) is 20.6. The molecule has 1 aromatic carbocycles. The van der Waals surface area contributed by atoms with Crippen molar-refractivity contribution in [3.8, 4) is 0 Å². The number of amides is 1. The maximum absolute atomic E-state index is 13.5. The predicted octanol–water partition coefficient (Wildman–Crippen LogP) is 3.61. The van der Waals surface area contributed by atoms with Gasteiger partial charge in [0, 0.05) is 31.5 Å². The van der Waals surface area contributed by atoms with E-state index in [1.54, 1.807) is 6.08 Å². The van der Waals surface area contributed by atoms with Gasteiger partial charge in [0.05, 0.1) is 18.2 Å². The van der Waals surface area contributed by atoms with Gasteiger partial charge in [-0.3, -0.25) is 9.69 Å². The summed E-state index contributed by atoms with van der Waals surface area (Å²) >= 11 is 0. The van der Waals surface area contributed by atoms with Crippen LogP contribution in [0.5, 0.6) is 0 Å². The van der Waals surface area contributed by atoms with E-state index in [0.29, 0.717) is 25.3 Å². The number of hydrogen-bond acceptors (Lipinski definition) is 5. The lowest BCUT2D eigenvalue weighted by Crippen LogP contribution is -2.39. The lowest BCUT2D eigenvalue weighted by molar-refractivity contribution is -0.118. The maximum Gasteiger partial charge on any atom is 0.257 e. The van der Waals surface area contributed by atoms with Gasteiger partial charge in [-0.05, 0) is 74.4 Å². The Morgan fingerprint density at radius 1 is 1.31 bits per heavy atom. The molecule has 4 N–H and O–H groups in total. The molecule has 1 aliphatic heterocycles. The normalized spacial score (nSPS) is 29.9. The molecule has 1 amide bonds. The molecule has 0 spiro atoms. The number of nitrogens with zero attached hydrogens (tertiary/aromatic N) is 2. The molecule has 35 heavy (non-hydrogen) atoms. The number of benzene rings is 1. The first-order valence-electron chi connectivity index (χ1n) is 12.4. The fraction of sp³-hybridized carbons (Fsp3) is 0.556. The summed E-state index contributed by atoms with van der Waals surface area (Å²) in [4.78, 5) is 18.6. The van der Waals surface area contributed by atoms with Gasteiger partial charge in [0.2, 0.25) is 0 Å². The average molecular weight is 487 g/mol. The molecule has 0 bridgehead atoms. The van der Waals surface area contributed by atoms with Crippen LogP contribution in [0.3, 0.4) is 0 Å². The van der Waals surface area contributed by atoms with E-state index in [9.17, 15) is 18.7 Å². The van der Waals surface area contributed by atoms with Gasteiger partial charge < -0.3 is 16.2 Å². The van der Waals surface area contributed by atoms with E-state index in [0.717, 1.165) is 43.9 Å². The molecule has 1 saturated heterocycles. The minimum atomic E-state index is -2.68. The van der Waals surface area contributed by atoms with E-state index < -0.39 is 5.92 Å². The third-order valence-corrected chi connectivity index (χ3v) is 7.72. The van der Waals surface area contributed by atoms with Crippen LogP contribution in [0, 0.1) is 5.92 Å². The minimum absolute atomic E-state index is 0.00381. The highest BCUT2D eigenvalue weighted by Gasteiger charge is 2.61. The van der Waals surface area contributed by atoms with Crippen LogP contribution in [0.25, 0.3) is 5.57 Å². The maximum atomic E-state index is 13.5. The number of likely N-dealkylation sites (tertiary alicyclic amines) is 1. The largest absolute Gasteiger partial charge is 0.393 e. The number of piperidine rings is 1. The lowest BCUT2D eigenvalue weighted by atomic mass is 9.92. The number of nitrogens with two attached hydrogens (primary N) is 1. The molecule has 190 valence electrons. The number of alkyl halides is 2. The Bertz CT molecular complexity index is 1020. The second kappa shape index (κ2) is 9.82. The monoisotopic (exact) mass is 486 g/mol. The summed E-state index contributed by atoms with van der Waals surface area (Å²) in [5, 5.41) is 12.7. The van der Waals surface area contributed by atoms with Crippen LogP contribution in [0.15, 0.2) is 46.7 Å². The average Bonchev–Trinajstić information content (AvgIpc) is 3.38. The van der Waals surface area contributed by atoms with Crippen molar-refractivity contribution in [2.75, 3.05) is 19.6 Å². The Hall–Kier alpha value is -2.58. The number of halogens is 2. The summed E-state index contributed by atoms with van der Waals surface area (Å²) in [5.74, 6) is -2.48. The van der Waals surface area contributed by atoms with E-state index in [-0.39, 0.29) is 41.4 Å². The summed E-state index contributed by atoms with van der Waals surface area (Å²) in [6, 6.07) is 8.17. The van der Waals surface area contributed by atoms with E-state index in [1.165, 1.54) is 5.56 Å². The highest BCUT2D eigenvalue weighted by atomic mass is 19.3. The van der Waals surface area contributed by atoms with Crippen molar-refractivity contribution in [3.63, 3.8) is 0 Å². The van der Waals surface area contributed by atoms with Crippen molar-refractivity contribution >= 4 is 18.2 Å². The number of allylic oxidation sites excluding steroid dienone is 1. The molecule has 3 fully saturated rings. The Labute approximate surface area is 206 Å². The molecule has 8 heteroatoms. The van der Waals surface area contributed by atoms with Gasteiger partial charge in [-0.15, -0.1) is 0 Å². The predicted molar refractivity (Wildman–Crippen MR) is 134 cm³/mol. The number of carbonyl (C=O) groups is 1. The second-order valence-corrected chi connectivity index (χ2v) is 10.6. The van der Waals surface area contributed by atoms with Crippen LogP contribution in [0.1, 0.15) is 57.1 Å². The molecule has 2 atom stereocenters. The topological polar surface area (TPSA) is 91.0 Å². The summed E-state index contributed by atoms with van der Waals surface area (Å²) in [6.07, 6.45) is 5.25. The molecular formula is C27H36F2N4O2. The number of hydrogen-bond donors (Lipinski definition) is 3. The fourth-order valence-electron chi connectivity index (χ4n) is 5.74. The number of aliphatic hydroxyl groups is 1. The summed E-state index contributed by atoms with van der Waals surface area (Å²) in [7, 11) is 0. The Kier molecular flexibility index (Phi) is 7.16. The first-order valence-corrected chi connectivity index (χ1v) is 12.4. The van der Waals surface area contributed by atoms with Gasteiger partial charge in [0.25, 0.3) is 11.8 Å². The first kappa shape index (κ1) is 25.5. The third-order valence-electron chi connectivity index (χ3n) is 7.72. The summed E-state index contributed by atoms with van der Waals surface area (Å²) < 4.78 is 26.9. The van der Waals surface area contributed by atoms with Crippen molar-refractivity contribution in [1.82, 2.24) is 10.2 Å². The molecule has 0 unspecified atom stereocenters. The van der Waals surface area contributed by atoms with Crippen LogP contribution >= 0.6 is 0 Å². The number of carbonyl (C=O) groups excluding carboxylic acids is 1. The first-order chi connectivity index (χ1) is 16.5. The van der Waals surface area contributed by atoms with Crippen LogP contribution < -0.4 is 11.1 Å². The van der Waals surface area contributed by atoms with Crippen molar-refractivity contribution in [2.24, 2.45) is 16.6 Å². The van der Waals surface area contributed by atoms with E-state index in [2.05, 4.69) is 29.2 Å². The number of nitrogens with one attached hydrogen (secondary N) is 1. The van der Waals surface area contributed by atoms with Crippen molar-refractivity contribution in [3.05, 3.63) is 52.9 Å². The molecule has 3 aliphatic rings. The summed E-state index contributed by atoms with van der Waals surface area (Å²) in [5.41, 5.74) is 9.24. The smallest absolute Gasteiger partial charge is 0.257 e. The molecule has 0 aromatic heterocycles. The van der Waals surface area contributed by atoms with Crippen LogP contribution in [-0.4, -0.2) is 60.3 Å². The molecule has 2 aliphatic carbocycles. The van der Waals surface area contributed by atoms with Gasteiger partial charge in [0.1, 0.15) is 5.82 Å². The van der Waals surface area contributed by atoms with Gasteiger partial charge in [-0.2, -0.15) is 0 Å². The molecule has 2 saturated carbocycles. The number of aliphatic hydroxyl groups excluding tert-OH is 1. The zero-order valence-electron chi connectivity index (χ0n) is 20.6. The Morgan fingerprint density at radius 3 is 2.57 bits per heavy atom. The van der Waals surface area contributed by atoms with E-state index >= 15 is 0 Å². The Morgan fingerprint density at radius 2 is 1.97 bits per heavy atom. The van der Waals surface area contributed by atoms with E-state index in [4.69, 9.17) is 5.73 Å². The standard InChI is InChI=1S/C27H36F2N4O2/c1-17(12-23(24(30)31-3)25(35)32-21-8-10-22(34)11-9-21)18-4-6-19(7-5-18)27-13-20(27)14-33(16-27)15-26(2,28)29/h4-7,12,20-22,34H,3,8-11,13-16,30H2,1-2H3,(H,32,35)/b17-12+,24-23+/t20-,21?,22?,27+/m0/s1. The van der Waals surface area contributed by atoms with Crippen molar-refractivity contribution < 1.29 is 18.7 Å². The fourth-order valence-corrected chi connectivity index (χ4v) is 5.74. The van der Waals surface area contributed by atoms with Gasteiger partial charge in [-0.1, -0.05) is 24.3 Å². The molecule has 1 heterocycles. The third kappa shape index (κ3) is 5.81. The van der Waals surface area contributed by atoms with Crippen LogP contribution in [0.4, 0.5) is 8.78 Å². The lowest BCUT2D eigenvalue weighted by Gasteiger charge is -2.26. The van der Waals surface area contributed by atoms with Crippen molar-refractivity contribution in [1.29, 1.82) is 0 Å². The van der Waals surface area contributed by atoms with Crippen LogP contribution in [-0.2, 0) is 10.2 Å². The highest BCUT2D eigenvalue weighted by molar-refractivity contribution is 5.99. The zero-order chi connectivity index (χ0) is 25.4. The van der Waals surface area contributed by atoms with Crippen molar-refractivity contribution in [2.45, 2.75) is 69.4 Å². The van der Waals surface area contributed by atoms with Gasteiger partial charge in [0.15, 0.2) is 0 Å². The van der Waals surface area contributed by atoms with E-state index in [1.807, 2.05) is 24.0 Å². The number of rotatable bonds is 8. The van der Waals surface area contributed by atoms with Gasteiger partial charge in [-0.25, -0.2) is 13.8 Å². The Balaban J connectivity index is 1.45. The summed E-state index contributed by atoms with van der Waals surface area (Å²) in [6.45, 7) is 7.56. The molecule has 4 rings (SSSR count). The molecule has 0 radical (unpaired) electrons. The quantitative estimate of drug-likeness (QED) is 0.297. The molecular weight excluding hydrogens is 450 g/mol. The highest BCUT2D eigenvalue weighted by Crippen LogP contribution is 2.59. The number of aliphatic imine (C=N–C) groups is 1. The molecule has 1 aromatic rings. The van der Waals surface area contributed by atoms with Crippen LogP contribution in [0.2, 0.25) is 0 Å². The van der Waals surface area contributed by atoms with Gasteiger partial charge >= 0.3 is 0 Å². The minimum Gasteiger partial charge on any atom is -0.393 e.